The van der Waals surface area contributed by atoms with E-state index in [0.717, 1.165) is 24.3 Å². The fraction of sp³-hybridized carbons (Fsp3) is 0.533. The van der Waals surface area contributed by atoms with Crippen molar-refractivity contribution in [2.45, 2.75) is 32.3 Å². The summed E-state index contributed by atoms with van der Waals surface area (Å²) in [4.78, 5) is 12.3. The van der Waals surface area contributed by atoms with Crippen LogP contribution in [0.25, 0.3) is 0 Å². The molecule has 2 rings (SSSR count). The smallest absolute Gasteiger partial charge is 0.256 e. The maximum atomic E-state index is 12.3. The fourth-order valence-electron chi connectivity index (χ4n) is 2.14. The molecular formula is C15H21NO3. The van der Waals surface area contributed by atoms with E-state index in [4.69, 9.17) is 9.47 Å². The maximum absolute atomic E-state index is 12.3. The Hall–Kier alpha value is -1.55. The van der Waals surface area contributed by atoms with Gasteiger partial charge in [-0.3, -0.25) is 4.79 Å². The van der Waals surface area contributed by atoms with Crippen molar-refractivity contribution in [3.05, 3.63) is 24.3 Å². The van der Waals surface area contributed by atoms with Crippen molar-refractivity contribution in [3.8, 4) is 5.75 Å². The summed E-state index contributed by atoms with van der Waals surface area (Å²) in [5.74, 6) is 1.05. The number of rotatable bonds is 6. The molecule has 0 radical (unpaired) electrons. The van der Waals surface area contributed by atoms with Crippen LogP contribution in [-0.4, -0.2) is 25.2 Å². The van der Waals surface area contributed by atoms with Gasteiger partial charge in [0.25, 0.3) is 5.91 Å². The zero-order valence-corrected chi connectivity index (χ0v) is 11.7. The van der Waals surface area contributed by atoms with Crippen LogP contribution in [0.15, 0.2) is 24.3 Å². The van der Waals surface area contributed by atoms with E-state index in [-0.39, 0.29) is 5.91 Å². The Labute approximate surface area is 114 Å². The zero-order chi connectivity index (χ0) is 13.9. The molecule has 4 nitrogen and oxygen atoms in total. The number of methoxy groups -OCH3 is 1. The molecule has 0 aromatic heterocycles. The van der Waals surface area contributed by atoms with E-state index in [1.165, 1.54) is 0 Å². The monoisotopic (exact) mass is 263 g/mol. The number of nitrogens with one attached hydrogen (secondary N) is 1. The lowest BCUT2D eigenvalue weighted by atomic mass is 9.99. The van der Waals surface area contributed by atoms with Crippen LogP contribution >= 0.6 is 0 Å². The Morgan fingerprint density at radius 2 is 2.00 bits per heavy atom. The Bertz CT molecular complexity index is 439. The summed E-state index contributed by atoms with van der Waals surface area (Å²) in [5, 5.41) is 2.90. The van der Waals surface area contributed by atoms with Gasteiger partial charge >= 0.3 is 0 Å². The average Bonchev–Trinajstić information content (AvgIpc) is 3.25. The molecule has 104 valence electrons. The molecule has 0 heterocycles. The van der Waals surface area contributed by atoms with Crippen LogP contribution in [0.5, 0.6) is 5.75 Å². The minimum atomic E-state index is -0.724. The van der Waals surface area contributed by atoms with Crippen molar-refractivity contribution in [2.24, 2.45) is 5.92 Å². The van der Waals surface area contributed by atoms with Crippen molar-refractivity contribution in [3.63, 3.8) is 0 Å². The number of benzene rings is 1. The molecule has 4 heteroatoms. The summed E-state index contributed by atoms with van der Waals surface area (Å²) < 4.78 is 10.8. The molecule has 1 unspecified atom stereocenters. The van der Waals surface area contributed by atoms with Gasteiger partial charge in [-0.15, -0.1) is 0 Å². The third kappa shape index (κ3) is 3.07. The second-order valence-electron chi connectivity index (χ2n) is 5.00. The van der Waals surface area contributed by atoms with E-state index in [9.17, 15) is 4.79 Å². The third-order valence-electron chi connectivity index (χ3n) is 3.65. The van der Waals surface area contributed by atoms with E-state index >= 15 is 0 Å². The van der Waals surface area contributed by atoms with Crippen LogP contribution in [0, 0.1) is 5.92 Å². The fourth-order valence-corrected chi connectivity index (χ4v) is 2.14. The first-order chi connectivity index (χ1) is 9.10. The average molecular weight is 263 g/mol. The van der Waals surface area contributed by atoms with Crippen LogP contribution in [0.3, 0.4) is 0 Å². The highest BCUT2D eigenvalue weighted by Gasteiger charge is 2.47. The van der Waals surface area contributed by atoms with Crippen LogP contribution in [-0.2, 0) is 9.53 Å². The van der Waals surface area contributed by atoms with Gasteiger partial charge in [0.2, 0.25) is 0 Å². The molecule has 1 aromatic carbocycles. The molecular weight excluding hydrogens is 242 g/mol. The predicted molar refractivity (Wildman–Crippen MR) is 74.4 cm³/mol. The van der Waals surface area contributed by atoms with Crippen molar-refractivity contribution in [2.75, 3.05) is 19.0 Å². The highest BCUT2D eigenvalue weighted by Crippen LogP contribution is 2.42. The van der Waals surface area contributed by atoms with Gasteiger partial charge in [-0.25, -0.2) is 0 Å². The molecule has 0 saturated heterocycles. The lowest BCUT2D eigenvalue weighted by Gasteiger charge is -2.26. The van der Waals surface area contributed by atoms with Gasteiger partial charge in [-0.2, -0.15) is 0 Å². The van der Waals surface area contributed by atoms with Crippen LogP contribution in [0.2, 0.25) is 0 Å². The molecule has 1 fully saturated rings. The molecule has 1 N–H and O–H groups in total. The normalized spacial score (nSPS) is 17.6. The number of carbonyl (C=O) groups excluding carboxylic acids is 1. The van der Waals surface area contributed by atoms with E-state index in [1.807, 2.05) is 38.1 Å². The summed E-state index contributed by atoms with van der Waals surface area (Å²) in [5.41, 5.74) is 0.0378. The van der Waals surface area contributed by atoms with Crippen LogP contribution in [0.1, 0.15) is 26.7 Å². The predicted octanol–water partition coefficient (Wildman–Crippen LogP) is 2.84. The van der Waals surface area contributed by atoms with Gasteiger partial charge in [0.15, 0.2) is 0 Å². The number of ether oxygens (including phenoxy) is 2. The molecule has 1 amide bonds. The molecule has 1 aliphatic carbocycles. The van der Waals surface area contributed by atoms with Crippen molar-refractivity contribution >= 4 is 11.6 Å². The minimum Gasteiger partial charge on any atom is -0.494 e. The third-order valence-corrected chi connectivity index (χ3v) is 3.65. The largest absolute Gasteiger partial charge is 0.494 e. The van der Waals surface area contributed by atoms with Crippen LogP contribution in [0.4, 0.5) is 5.69 Å². The summed E-state index contributed by atoms with van der Waals surface area (Å²) >= 11 is 0. The molecule has 1 atom stereocenters. The topological polar surface area (TPSA) is 47.6 Å². The lowest BCUT2D eigenvalue weighted by Crippen LogP contribution is -2.43. The van der Waals surface area contributed by atoms with Crippen LogP contribution < -0.4 is 10.1 Å². The van der Waals surface area contributed by atoms with Gasteiger partial charge in [-0.05, 0) is 56.9 Å². The number of carbonyl (C=O) groups is 1. The summed E-state index contributed by atoms with van der Waals surface area (Å²) in [7, 11) is 1.59. The second-order valence-corrected chi connectivity index (χ2v) is 5.00. The molecule has 0 bridgehead atoms. The maximum Gasteiger partial charge on any atom is 0.256 e. The SMILES string of the molecule is CCOc1ccc(NC(=O)C(C)(OC)C2CC2)cc1. The quantitative estimate of drug-likeness (QED) is 0.858. The van der Waals surface area contributed by atoms with E-state index in [0.29, 0.717) is 12.5 Å². The number of amides is 1. The van der Waals surface area contributed by atoms with Gasteiger partial charge in [0, 0.05) is 12.8 Å². The number of hydrogen-bond acceptors (Lipinski definition) is 3. The van der Waals surface area contributed by atoms with E-state index in [2.05, 4.69) is 5.32 Å². The minimum absolute atomic E-state index is 0.0818. The second kappa shape index (κ2) is 5.61. The van der Waals surface area contributed by atoms with Gasteiger partial charge in [0.1, 0.15) is 11.4 Å². The van der Waals surface area contributed by atoms with Gasteiger partial charge < -0.3 is 14.8 Å². The molecule has 1 aliphatic rings. The van der Waals surface area contributed by atoms with Gasteiger partial charge in [0.05, 0.1) is 6.61 Å². The molecule has 0 spiro atoms. The first-order valence-electron chi connectivity index (χ1n) is 6.69. The highest BCUT2D eigenvalue weighted by atomic mass is 16.5. The first kappa shape index (κ1) is 13.9. The Balaban J connectivity index is 2.01. The van der Waals surface area contributed by atoms with Crippen molar-refractivity contribution in [1.29, 1.82) is 0 Å². The lowest BCUT2D eigenvalue weighted by molar-refractivity contribution is -0.138. The molecule has 1 saturated carbocycles. The number of hydrogen-bond donors (Lipinski definition) is 1. The Kier molecular flexibility index (Phi) is 4.10. The van der Waals surface area contributed by atoms with Crippen molar-refractivity contribution in [1.82, 2.24) is 0 Å². The van der Waals surface area contributed by atoms with Crippen molar-refractivity contribution < 1.29 is 14.3 Å². The highest BCUT2D eigenvalue weighted by molar-refractivity contribution is 5.97. The Morgan fingerprint density at radius 1 is 1.37 bits per heavy atom. The summed E-state index contributed by atoms with van der Waals surface area (Å²) in [6.45, 7) is 4.43. The first-order valence-corrected chi connectivity index (χ1v) is 6.69. The number of anilines is 1. The molecule has 1 aromatic rings. The summed E-state index contributed by atoms with van der Waals surface area (Å²) in [6, 6.07) is 7.37. The standard InChI is InChI=1S/C15H21NO3/c1-4-19-13-9-7-12(8-10-13)16-14(17)15(2,18-3)11-5-6-11/h7-11H,4-6H2,1-3H3,(H,16,17). The van der Waals surface area contributed by atoms with E-state index in [1.54, 1.807) is 7.11 Å². The molecule has 19 heavy (non-hydrogen) atoms. The summed E-state index contributed by atoms with van der Waals surface area (Å²) in [6.07, 6.45) is 2.11. The van der Waals surface area contributed by atoms with E-state index < -0.39 is 5.60 Å². The van der Waals surface area contributed by atoms with Gasteiger partial charge in [-0.1, -0.05) is 0 Å². The Morgan fingerprint density at radius 3 is 2.47 bits per heavy atom. The molecule has 0 aliphatic heterocycles. The zero-order valence-electron chi connectivity index (χ0n) is 11.7.